The topological polar surface area (TPSA) is 120 Å². The fraction of sp³-hybridized carbons (Fsp3) is 0.357. The standard InChI is InChI=1S/C28H26ClF7N8O2S/c1-14-8-15(2)22(18(9-14)24(45)38-16(3)13-47-4)39-25(46)20-10-17(41-44(20)23-19(29)6-5-7-37-23)11-43-12-21(40-42-43)26(30,27(31,32)33)28(34,35)36/h5-10,12,16H,11,13H2,1-4H3,(H,38,45)(H,39,46)/t16-/m0/s1. The first-order chi connectivity index (χ1) is 21.9. The van der Waals surface area contributed by atoms with Crippen LogP contribution >= 0.6 is 23.4 Å². The minimum absolute atomic E-state index is 0.0335. The van der Waals surface area contributed by atoms with Gasteiger partial charge in [0.05, 0.1) is 34.7 Å². The van der Waals surface area contributed by atoms with Gasteiger partial charge in [0.25, 0.3) is 11.8 Å². The van der Waals surface area contributed by atoms with Crippen molar-refractivity contribution in [2.24, 2.45) is 0 Å². The predicted molar refractivity (Wildman–Crippen MR) is 160 cm³/mol. The number of rotatable bonds is 10. The Morgan fingerprint density at radius 2 is 1.72 bits per heavy atom. The summed E-state index contributed by atoms with van der Waals surface area (Å²) in [4.78, 5) is 31.1. The zero-order valence-electron chi connectivity index (χ0n) is 25.0. The van der Waals surface area contributed by atoms with Gasteiger partial charge in [0, 0.05) is 18.0 Å². The van der Waals surface area contributed by atoms with Crippen molar-refractivity contribution in [2.45, 2.75) is 51.4 Å². The van der Waals surface area contributed by atoms with Crippen molar-refractivity contribution >= 4 is 40.9 Å². The fourth-order valence-electron chi connectivity index (χ4n) is 4.60. The number of carbonyl (C=O) groups excluding carboxylic acids is 2. The average molecular weight is 707 g/mol. The third-order valence-corrected chi connectivity index (χ3v) is 7.81. The van der Waals surface area contributed by atoms with Crippen LogP contribution < -0.4 is 10.6 Å². The monoisotopic (exact) mass is 706 g/mol. The summed E-state index contributed by atoms with van der Waals surface area (Å²) in [5.41, 5.74) is -6.53. The molecule has 2 amide bonds. The van der Waals surface area contributed by atoms with E-state index in [0.717, 1.165) is 16.3 Å². The number of pyridine rings is 1. The summed E-state index contributed by atoms with van der Waals surface area (Å²) in [6.45, 7) is 4.64. The van der Waals surface area contributed by atoms with Gasteiger partial charge < -0.3 is 10.6 Å². The van der Waals surface area contributed by atoms with E-state index in [1.165, 1.54) is 30.1 Å². The lowest BCUT2D eigenvalue weighted by Gasteiger charge is -2.27. The smallest absolute Gasteiger partial charge is 0.349 e. The molecule has 3 heterocycles. The number of thioether (sulfide) groups is 1. The predicted octanol–water partition coefficient (Wildman–Crippen LogP) is 6.20. The van der Waals surface area contributed by atoms with Crippen molar-refractivity contribution in [1.82, 2.24) is 35.1 Å². The van der Waals surface area contributed by atoms with Crippen LogP contribution in [0.1, 0.15) is 50.3 Å². The third-order valence-electron chi connectivity index (χ3n) is 6.69. The number of halogens is 8. The lowest BCUT2D eigenvalue weighted by molar-refractivity contribution is -0.350. The number of nitrogens with one attached hydrogen (secondary N) is 2. The molecule has 19 heteroatoms. The van der Waals surface area contributed by atoms with Gasteiger partial charge in [0.1, 0.15) is 11.4 Å². The molecule has 0 fully saturated rings. The maximum absolute atomic E-state index is 14.5. The van der Waals surface area contributed by atoms with Crippen molar-refractivity contribution in [3.8, 4) is 5.82 Å². The van der Waals surface area contributed by atoms with Crippen LogP contribution in [-0.2, 0) is 12.2 Å². The molecule has 47 heavy (non-hydrogen) atoms. The van der Waals surface area contributed by atoms with Crippen molar-refractivity contribution in [3.05, 3.63) is 81.5 Å². The summed E-state index contributed by atoms with van der Waals surface area (Å²) in [6.07, 6.45) is -9.40. The number of hydrogen-bond donors (Lipinski definition) is 2. The van der Waals surface area contributed by atoms with Crippen LogP contribution in [0.5, 0.6) is 0 Å². The lowest BCUT2D eigenvalue weighted by Crippen LogP contribution is -2.50. The lowest BCUT2D eigenvalue weighted by atomic mass is 10.0. The normalized spacial score (nSPS) is 13.0. The Morgan fingerprint density at radius 1 is 1.04 bits per heavy atom. The van der Waals surface area contributed by atoms with E-state index >= 15 is 0 Å². The molecule has 0 radical (unpaired) electrons. The molecule has 0 saturated carbocycles. The molecule has 0 spiro atoms. The summed E-state index contributed by atoms with van der Waals surface area (Å²) in [6, 6.07) is 7.23. The van der Waals surface area contributed by atoms with Gasteiger partial charge in [-0.25, -0.2) is 18.7 Å². The molecule has 0 aliphatic heterocycles. The van der Waals surface area contributed by atoms with Gasteiger partial charge in [-0.3, -0.25) is 9.59 Å². The SMILES string of the molecule is CSC[C@H](C)NC(=O)c1cc(C)cc(C)c1NC(=O)c1cc(Cn2cc(C(F)(C(F)(F)F)C(F)(F)F)nn2)nn1-c1ncccc1Cl. The number of amides is 2. The Kier molecular flexibility index (Phi) is 10.2. The minimum atomic E-state index is -6.38. The summed E-state index contributed by atoms with van der Waals surface area (Å²) >= 11 is 7.83. The fourth-order valence-corrected chi connectivity index (χ4v) is 5.38. The molecule has 0 aliphatic carbocycles. The zero-order valence-corrected chi connectivity index (χ0v) is 26.5. The third kappa shape index (κ3) is 7.37. The van der Waals surface area contributed by atoms with Gasteiger partial charge in [-0.05, 0) is 62.4 Å². The van der Waals surface area contributed by atoms with Gasteiger partial charge in [0.15, 0.2) is 5.82 Å². The quantitative estimate of drug-likeness (QED) is 0.189. The summed E-state index contributed by atoms with van der Waals surface area (Å²) in [5.74, 6) is -0.679. The van der Waals surface area contributed by atoms with E-state index in [4.69, 9.17) is 11.6 Å². The summed E-state index contributed by atoms with van der Waals surface area (Å²) < 4.78 is 95.3. The number of alkyl halides is 7. The van der Waals surface area contributed by atoms with Crippen LogP contribution in [0.15, 0.2) is 42.7 Å². The zero-order chi connectivity index (χ0) is 34.9. The van der Waals surface area contributed by atoms with Gasteiger partial charge in [-0.1, -0.05) is 22.9 Å². The van der Waals surface area contributed by atoms with E-state index in [1.54, 1.807) is 26.0 Å². The van der Waals surface area contributed by atoms with Crippen LogP contribution in [0.4, 0.5) is 36.4 Å². The van der Waals surface area contributed by atoms with Crippen molar-refractivity contribution in [3.63, 3.8) is 0 Å². The Bertz CT molecular complexity index is 1780. The van der Waals surface area contributed by atoms with Crippen molar-refractivity contribution < 1.29 is 40.3 Å². The highest BCUT2D eigenvalue weighted by atomic mass is 35.5. The van der Waals surface area contributed by atoms with E-state index in [9.17, 15) is 40.3 Å². The number of carbonyl (C=O) groups is 2. The molecule has 0 aliphatic rings. The highest BCUT2D eigenvalue weighted by Crippen LogP contribution is 2.52. The van der Waals surface area contributed by atoms with Gasteiger partial charge in [0.2, 0.25) is 0 Å². The van der Waals surface area contributed by atoms with Crippen molar-refractivity contribution in [2.75, 3.05) is 17.3 Å². The molecule has 4 rings (SSSR count). The van der Waals surface area contributed by atoms with E-state index in [1.807, 2.05) is 13.2 Å². The molecule has 252 valence electrons. The summed E-state index contributed by atoms with van der Waals surface area (Å²) in [7, 11) is 0. The molecule has 4 aromatic rings. The maximum atomic E-state index is 14.5. The summed E-state index contributed by atoms with van der Waals surface area (Å²) in [5, 5.41) is 15.8. The van der Waals surface area contributed by atoms with E-state index in [2.05, 4.69) is 31.0 Å². The Hall–Kier alpha value is -4.19. The first-order valence-electron chi connectivity index (χ1n) is 13.5. The van der Waals surface area contributed by atoms with Crippen LogP contribution in [0.2, 0.25) is 5.02 Å². The molecule has 0 bridgehead atoms. The number of nitrogens with zero attached hydrogens (tertiary/aromatic N) is 6. The second kappa shape index (κ2) is 13.5. The molecule has 0 unspecified atom stereocenters. The Balaban J connectivity index is 1.74. The molecule has 2 N–H and O–H groups in total. The van der Waals surface area contributed by atoms with Crippen LogP contribution in [-0.4, -0.2) is 72.0 Å². The number of aromatic nitrogens is 6. The molecule has 10 nitrogen and oxygen atoms in total. The molecular formula is C28H26ClF7N8O2S. The maximum Gasteiger partial charge on any atom is 0.437 e. The van der Waals surface area contributed by atoms with E-state index < -0.39 is 42.1 Å². The highest BCUT2D eigenvalue weighted by molar-refractivity contribution is 7.98. The Labute approximate surface area is 272 Å². The van der Waals surface area contributed by atoms with Gasteiger partial charge in [-0.15, -0.1) is 5.10 Å². The second-order valence-electron chi connectivity index (χ2n) is 10.5. The van der Waals surface area contributed by atoms with Crippen LogP contribution in [0, 0.1) is 13.8 Å². The van der Waals surface area contributed by atoms with Crippen LogP contribution in [0.25, 0.3) is 5.82 Å². The minimum Gasteiger partial charge on any atom is -0.349 e. The number of benzene rings is 1. The van der Waals surface area contributed by atoms with Gasteiger partial charge in [-0.2, -0.15) is 43.2 Å². The molecular weight excluding hydrogens is 681 g/mol. The second-order valence-corrected chi connectivity index (χ2v) is 11.8. The molecule has 1 atom stereocenters. The largest absolute Gasteiger partial charge is 0.437 e. The number of aryl methyl sites for hydroxylation is 2. The molecule has 1 aromatic carbocycles. The van der Waals surface area contributed by atoms with E-state index in [0.29, 0.717) is 16.0 Å². The average Bonchev–Trinajstić information content (AvgIpc) is 3.60. The molecule has 0 saturated heterocycles. The number of hydrogen-bond acceptors (Lipinski definition) is 7. The molecule has 3 aromatic heterocycles. The first kappa shape index (κ1) is 35.7. The Morgan fingerprint density at radius 3 is 2.34 bits per heavy atom. The first-order valence-corrected chi connectivity index (χ1v) is 15.3. The van der Waals surface area contributed by atoms with Gasteiger partial charge >= 0.3 is 18.0 Å². The van der Waals surface area contributed by atoms with Crippen molar-refractivity contribution in [1.29, 1.82) is 0 Å². The number of anilines is 1. The van der Waals surface area contributed by atoms with Crippen LogP contribution in [0.3, 0.4) is 0 Å². The highest BCUT2D eigenvalue weighted by Gasteiger charge is 2.75. The van der Waals surface area contributed by atoms with E-state index in [-0.39, 0.29) is 45.7 Å².